The van der Waals surface area contributed by atoms with Gasteiger partial charge in [-0.25, -0.2) is 0 Å². The number of methoxy groups -OCH3 is 2. The number of benzene rings is 1. The van der Waals surface area contributed by atoms with Crippen molar-refractivity contribution in [3.8, 4) is 0 Å². The van der Waals surface area contributed by atoms with E-state index in [1.165, 1.54) is 5.39 Å². The maximum absolute atomic E-state index is 5.16. The topological polar surface area (TPSA) is 34.2 Å². The van der Waals surface area contributed by atoms with Crippen LogP contribution in [0.5, 0.6) is 0 Å². The van der Waals surface area contributed by atoms with Crippen LogP contribution in [-0.2, 0) is 15.9 Å². The average Bonchev–Trinajstić information content (AvgIpc) is 2.68. The van der Waals surface area contributed by atoms with E-state index >= 15 is 0 Å². The fourth-order valence-corrected chi connectivity index (χ4v) is 1.69. The highest BCUT2D eigenvalue weighted by Gasteiger charge is 2.08. The monoisotopic (exact) mass is 205 g/mol. The van der Waals surface area contributed by atoms with Crippen molar-refractivity contribution in [2.45, 2.75) is 12.7 Å². The van der Waals surface area contributed by atoms with Crippen LogP contribution >= 0.6 is 0 Å². The fourth-order valence-electron chi connectivity index (χ4n) is 1.69. The minimum Gasteiger partial charge on any atom is -0.358 e. The molecule has 0 fully saturated rings. The molecular weight excluding hydrogens is 190 g/mol. The first-order valence-corrected chi connectivity index (χ1v) is 4.95. The van der Waals surface area contributed by atoms with Crippen molar-refractivity contribution in [2.75, 3.05) is 14.2 Å². The molecule has 0 aliphatic rings. The molecule has 2 aromatic rings. The third-order valence-corrected chi connectivity index (χ3v) is 2.50. The molecule has 80 valence electrons. The Bertz CT molecular complexity index is 399. The molecule has 0 spiro atoms. The molecule has 0 saturated carbocycles. The second kappa shape index (κ2) is 4.47. The van der Waals surface area contributed by atoms with E-state index in [2.05, 4.69) is 23.2 Å². The number of H-pyrrole nitrogens is 1. The number of hydrogen-bond acceptors (Lipinski definition) is 2. The maximum atomic E-state index is 5.16. The highest BCUT2D eigenvalue weighted by molar-refractivity contribution is 5.80. The summed E-state index contributed by atoms with van der Waals surface area (Å²) in [6.07, 6.45) is 0.555. The lowest BCUT2D eigenvalue weighted by Crippen LogP contribution is -2.16. The van der Waals surface area contributed by atoms with E-state index in [0.717, 1.165) is 17.6 Å². The average molecular weight is 205 g/mol. The van der Waals surface area contributed by atoms with Gasteiger partial charge in [-0.2, -0.15) is 0 Å². The van der Waals surface area contributed by atoms with Crippen molar-refractivity contribution in [3.05, 3.63) is 36.0 Å². The summed E-state index contributed by atoms with van der Waals surface area (Å²) in [7, 11) is 3.30. The van der Waals surface area contributed by atoms with Crippen LogP contribution in [0.2, 0.25) is 0 Å². The summed E-state index contributed by atoms with van der Waals surface area (Å²) in [5.74, 6) is 0. The van der Waals surface area contributed by atoms with Gasteiger partial charge in [-0.1, -0.05) is 18.2 Å². The summed E-state index contributed by atoms with van der Waals surface area (Å²) in [6, 6.07) is 10.3. The minimum absolute atomic E-state index is 0.182. The van der Waals surface area contributed by atoms with Crippen LogP contribution in [-0.4, -0.2) is 25.5 Å². The van der Waals surface area contributed by atoms with Gasteiger partial charge in [-0.15, -0.1) is 0 Å². The van der Waals surface area contributed by atoms with Gasteiger partial charge in [0.15, 0.2) is 6.29 Å². The number of nitrogens with one attached hydrogen (secondary N) is 1. The van der Waals surface area contributed by atoms with E-state index in [1.807, 2.05) is 12.1 Å². The Labute approximate surface area is 89.0 Å². The third kappa shape index (κ3) is 2.19. The number of aromatic amines is 1. The molecule has 0 saturated heterocycles. The van der Waals surface area contributed by atoms with Gasteiger partial charge in [0.2, 0.25) is 0 Å². The standard InChI is InChI=1S/C12H15NO2/c1-14-12(15-2)8-10-7-9-5-3-4-6-11(9)13-10/h3-7,12-13H,8H2,1-2H3. The molecule has 0 aliphatic heterocycles. The van der Waals surface area contributed by atoms with Crippen LogP contribution in [0, 0.1) is 0 Å². The summed E-state index contributed by atoms with van der Waals surface area (Å²) >= 11 is 0. The Kier molecular flexibility index (Phi) is 3.04. The quantitative estimate of drug-likeness (QED) is 0.777. The van der Waals surface area contributed by atoms with Crippen LogP contribution in [0.15, 0.2) is 30.3 Å². The SMILES string of the molecule is COC(Cc1cc2ccccc2[nH]1)OC. The molecule has 1 heterocycles. The molecule has 2 rings (SSSR count). The molecule has 1 N–H and O–H groups in total. The zero-order chi connectivity index (χ0) is 10.7. The van der Waals surface area contributed by atoms with Gasteiger partial charge >= 0.3 is 0 Å². The fraction of sp³-hybridized carbons (Fsp3) is 0.333. The van der Waals surface area contributed by atoms with Crippen molar-refractivity contribution in [3.63, 3.8) is 0 Å². The maximum Gasteiger partial charge on any atom is 0.162 e. The number of hydrogen-bond donors (Lipinski definition) is 1. The predicted octanol–water partition coefficient (Wildman–Crippen LogP) is 2.33. The molecule has 0 radical (unpaired) electrons. The number of para-hydroxylation sites is 1. The van der Waals surface area contributed by atoms with Gasteiger partial charge in [0, 0.05) is 31.9 Å². The second-order valence-electron chi connectivity index (χ2n) is 3.49. The molecule has 0 bridgehead atoms. The Morgan fingerprint density at radius 2 is 1.93 bits per heavy atom. The largest absolute Gasteiger partial charge is 0.358 e. The molecule has 0 amide bonds. The molecule has 1 aromatic heterocycles. The van der Waals surface area contributed by atoms with E-state index in [9.17, 15) is 0 Å². The summed E-state index contributed by atoms with van der Waals surface area (Å²) < 4.78 is 10.3. The first-order valence-electron chi connectivity index (χ1n) is 4.95. The molecule has 1 aromatic carbocycles. The highest BCUT2D eigenvalue weighted by Crippen LogP contribution is 2.16. The van der Waals surface area contributed by atoms with E-state index in [4.69, 9.17) is 9.47 Å². The summed E-state index contributed by atoms with van der Waals surface area (Å²) in [4.78, 5) is 3.33. The first kappa shape index (κ1) is 10.2. The van der Waals surface area contributed by atoms with Crippen LogP contribution in [0.25, 0.3) is 10.9 Å². The van der Waals surface area contributed by atoms with Gasteiger partial charge < -0.3 is 14.5 Å². The summed E-state index contributed by atoms with van der Waals surface area (Å²) in [5, 5.41) is 1.22. The molecule has 3 nitrogen and oxygen atoms in total. The zero-order valence-electron chi connectivity index (χ0n) is 8.99. The molecule has 15 heavy (non-hydrogen) atoms. The van der Waals surface area contributed by atoms with Crippen LogP contribution in [0.1, 0.15) is 5.69 Å². The van der Waals surface area contributed by atoms with Crippen molar-refractivity contribution < 1.29 is 9.47 Å². The van der Waals surface area contributed by atoms with Crippen molar-refractivity contribution in [1.29, 1.82) is 0 Å². The summed E-state index contributed by atoms with van der Waals surface area (Å²) in [6.45, 7) is 0. The Morgan fingerprint density at radius 1 is 1.20 bits per heavy atom. The second-order valence-corrected chi connectivity index (χ2v) is 3.49. The van der Waals surface area contributed by atoms with Crippen molar-refractivity contribution in [2.24, 2.45) is 0 Å². The number of fused-ring (bicyclic) bond motifs is 1. The van der Waals surface area contributed by atoms with Crippen LogP contribution in [0.3, 0.4) is 0 Å². The van der Waals surface area contributed by atoms with Crippen LogP contribution in [0.4, 0.5) is 0 Å². The van der Waals surface area contributed by atoms with Gasteiger partial charge in [0.25, 0.3) is 0 Å². The third-order valence-electron chi connectivity index (χ3n) is 2.50. The van der Waals surface area contributed by atoms with Gasteiger partial charge in [-0.3, -0.25) is 0 Å². The molecule has 0 aliphatic carbocycles. The predicted molar refractivity (Wildman–Crippen MR) is 59.8 cm³/mol. The van der Waals surface area contributed by atoms with Crippen LogP contribution < -0.4 is 0 Å². The van der Waals surface area contributed by atoms with Gasteiger partial charge in [-0.05, 0) is 17.5 Å². The van der Waals surface area contributed by atoms with E-state index in [0.29, 0.717) is 0 Å². The van der Waals surface area contributed by atoms with Crippen molar-refractivity contribution >= 4 is 10.9 Å². The van der Waals surface area contributed by atoms with E-state index in [1.54, 1.807) is 14.2 Å². The van der Waals surface area contributed by atoms with E-state index in [-0.39, 0.29) is 6.29 Å². The molecule has 0 atom stereocenters. The Morgan fingerprint density at radius 3 is 2.60 bits per heavy atom. The lowest BCUT2D eigenvalue weighted by atomic mass is 10.2. The van der Waals surface area contributed by atoms with Gasteiger partial charge in [0.05, 0.1) is 0 Å². The number of ether oxygens (including phenoxy) is 2. The highest BCUT2D eigenvalue weighted by atomic mass is 16.7. The summed E-state index contributed by atoms with van der Waals surface area (Å²) in [5.41, 5.74) is 2.28. The Hall–Kier alpha value is -1.32. The number of aromatic nitrogens is 1. The van der Waals surface area contributed by atoms with Gasteiger partial charge in [0.1, 0.15) is 0 Å². The molecule has 3 heteroatoms. The van der Waals surface area contributed by atoms with E-state index < -0.39 is 0 Å². The van der Waals surface area contributed by atoms with Crippen molar-refractivity contribution in [1.82, 2.24) is 4.98 Å². The molecular formula is C12H15NO2. The minimum atomic E-state index is -0.182. The lowest BCUT2D eigenvalue weighted by molar-refractivity contribution is -0.101. The zero-order valence-corrected chi connectivity index (χ0v) is 8.99. The number of rotatable bonds is 4. The lowest BCUT2D eigenvalue weighted by Gasteiger charge is -2.11. The smallest absolute Gasteiger partial charge is 0.162 e. The first-order chi connectivity index (χ1) is 7.33. The molecule has 0 unspecified atom stereocenters. The Balaban J connectivity index is 2.21. The normalized spacial score (nSPS) is 11.4.